The number of nitrogens with zero attached hydrogens (tertiary/aromatic N) is 2. The van der Waals surface area contributed by atoms with Gasteiger partial charge < -0.3 is 10.1 Å². The molecule has 1 aromatic carbocycles. The number of anilines is 1. The van der Waals surface area contributed by atoms with E-state index < -0.39 is 0 Å². The van der Waals surface area contributed by atoms with Crippen LogP contribution in [0.15, 0.2) is 29.4 Å². The van der Waals surface area contributed by atoms with Gasteiger partial charge in [0.05, 0.1) is 11.9 Å². The van der Waals surface area contributed by atoms with Gasteiger partial charge in [0.1, 0.15) is 11.6 Å². The number of thioether (sulfide) groups is 1. The summed E-state index contributed by atoms with van der Waals surface area (Å²) in [4.78, 5) is 16.9. The lowest BCUT2D eigenvalue weighted by atomic mass is 10.0. The molecule has 1 aromatic heterocycles. The maximum atomic E-state index is 12.4. The van der Waals surface area contributed by atoms with E-state index in [9.17, 15) is 4.79 Å². The lowest BCUT2D eigenvalue weighted by Gasteiger charge is -2.11. The van der Waals surface area contributed by atoms with Crippen LogP contribution >= 0.6 is 11.8 Å². The number of ether oxygens (including phenoxy) is 1. The van der Waals surface area contributed by atoms with Crippen LogP contribution in [-0.2, 0) is 11.2 Å². The second-order valence-electron chi connectivity index (χ2n) is 6.63. The minimum Gasteiger partial charge on any atom is -0.494 e. The van der Waals surface area contributed by atoms with Crippen LogP contribution < -0.4 is 10.1 Å². The summed E-state index contributed by atoms with van der Waals surface area (Å²) in [6, 6.07) is 7.38. The summed E-state index contributed by atoms with van der Waals surface area (Å²) in [7, 11) is 0. The Kier molecular flexibility index (Phi) is 6.55. The van der Waals surface area contributed by atoms with E-state index in [1.165, 1.54) is 37.4 Å². The number of benzene rings is 1. The van der Waals surface area contributed by atoms with Gasteiger partial charge in [-0.2, -0.15) is 0 Å². The van der Waals surface area contributed by atoms with Crippen LogP contribution in [0.1, 0.15) is 45.4 Å². The zero-order valence-corrected chi connectivity index (χ0v) is 16.1. The molecule has 2 N–H and O–H groups in total. The van der Waals surface area contributed by atoms with E-state index in [1.54, 1.807) is 0 Å². The molecule has 1 aliphatic rings. The van der Waals surface area contributed by atoms with Gasteiger partial charge in [0.2, 0.25) is 11.1 Å². The highest BCUT2D eigenvalue weighted by Gasteiger charge is 2.20. The Labute approximate surface area is 158 Å². The van der Waals surface area contributed by atoms with Crippen LogP contribution in [0.5, 0.6) is 5.75 Å². The van der Waals surface area contributed by atoms with Crippen LogP contribution in [0.2, 0.25) is 0 Å². The molecule has 1 atom stereocenters. The molecule has 1 aliphatic carbocycles. The fourth-order valence-corrected chi connectivity index (χ4v) is 3.91. The molecule has 1 heterocycles. The third kappa shape index (κ3) is 5.24. The molecule has 0 aliphatic heterocycles. The van der Waals surface area contributed by atoms with E-state index in [2.05, 4.69) is 20.5 Å². The van der Waals surface area contributed by atoms with Crippen molar-refractivity contribution in [3.8, 4) is 5.75 Å². The van der Waals surface area contributed by atoms with Gasteiger partial charge in [-0.3, -0.25) is 9.89 Å². The standard InChI is InChI=1S/C19H26N4O2S/c1-3-25-16-10-8-15(9-11-16)20-18(24)13(2)26-19-21-17(22-23-19)12-14-6-4-5-7-14/h8-11,13-14H,3-7,12H2,1-2H3,(H,20,24)(H,21,22,23)/t13-/m0/s1. The number of nitrogens with one attached hydrogen (secondary N) is 2. The Morgan fingerprint density at radius 1 is 1.35 bits per heavy atom. The van der Waals surface area contributed by atoms with Gasteiger partial charge in [-0.1, -0.05) is 37.4 Å². The highest BCUT2D eigenvalue weighted by molar-refractivity contribution is 8.00. The summed E-state index contributed by atoms with van der Waals surface area (Å²) in [5.74, 6) is 2.38. The molecule has 1 amide bonds. The molecule has 26 heavy (non-hydrogen) atoms. The number of amides is 1. The number of aromatic amines is 1. The van der Waals surface area contributed by atoms with Crippen LogP contribution in [0.25, 0.3) is 0 Å². The van der Waals surface area contributed by atoms with E-state index in [1.807, 2.05) is 38.1 Å². The van der Waals surface area contributed by atoms with Crippen molar-refractivity contribution in [2.45, 2.75) is 56.4 Å². The fourth-order valence-electron chi connectivity index (χ4n) is 3.17. The van der Waals surface area contributed by atoms with Gasteiger partial charge in [-0.05, 0) is 44.0 Å². The second-order valence-corrected chi connectivity index (χ2v) is 7.93. The summed E-state index contributed by atoms with van der Waals surface area (Å²) in [6.07, 6.45) is 6.17. The number of carbonyl (C=O) groups is 1. The van der Waals surface area contributed by atoms with Gasteiger partial charge in [0.25, 0.3) is 0 Å². The molecular weight excluding hydrogens is 348 g/mol. The van der Waals surface area contributed by atoms with E-state index in [0.29, 0.717) is 11.8 Å². The Morgan fingerprint density at radius 2 is 2.08 bits per heavy atom. The largest absolute Gasteiger partial charge is 0.494 e. The summed E-state index contributed by atoms with van der Waals surface area (Å²) < 4.78 is 5.41. The molecule has 1 fully saturated rings. The van der Waals surface area contributed by atoms with Gasteiger partial charge >= 0.3 is 0 Å². The van der Waals surface area contributed by atoms with Crippen molar-refractivity contribution >= 4 is 23.4 Å². The average molecular weight is 375 g/mol. The van der Waals surface area contributed by atoms with Gasteiger partial charge in [0.15, 0.2) is 0 Å². The summed E-state index contributed by atoms with van der Waals surface area (Å²) in [5.41, 5.74) is 0.753. The second kappa shape index (κ2) is 9.07. The molecule has 1 saturated carbocycles. The first-order valence-corrected chi connectivity index (χ1v) is 10.1. The molecule has 6 nitrogen and oxygen atoms in total. The summed E-state index contributed by atoms with van der Waals surface area (Å²) >= 11 is 1.37. The normalized spacial score (nSPS) is 15.8. The molecule has 2 aromatic rings. The SMILES string of the molecule is CCOc1ccc(NC(=O)[C@H](C)Sc2n[nH]c(CC3CCCC3)n2)cc1. The smallest absolute Gasteiger partial charge is 0.237 e. The quantitative estimate of drug-likeness (QED) is 0.681. The minimum absolute atomic E-state index is 0.0682. The first-order valence-electron chi connectivity index (χ1n) is 9.25. The highest BCUT2D eigenvalue weighted by Crippen LogP contribution is 2.28. The predicted octanol–water partition coefficient (Wildman–Crippen LogP) is 4.06. The molecule has 140 valence electrons. The molecular formula is C19H26N4O2S. The molecule has 0 spiro atoms. The maximum absolute atomic E-state index is 12.4. The van der Waals surface area contributed by atoms with Crippen molar-refractivity contribution in [2.75, 3.05) is 11.9 Å². The number of hydrogen-bond donors (Lipinski definition) is 2. The van der Waals surface area contributed by atoms with Gasteiger partial charge in [-0.15, -0.1) is 5.10 Å². The monoisotopic (exact) mass is 374 g/mol. The van der Waals surface area contributed by atoms with Crippen LogP contribution in [0.3, 0.4) is 0 Å². The van der Waals surface area contributed by atoms with E-state index >= 15 is 0 Å². The molecule has 0 saturated heterocycles. The number of rotatable bonds is 8. The average Bonchev–Trinajstić information content (AvgIpc) is 3.29. The molecule has 0 unspecified atom stereocenters. The van der Waals surface area contributed by atoms with E-state index in [-0.39, 0.29) is 11.2 Å². The highest BCUT2D eigenvalue weighted by atomic mass is 32.2. The van der Waals surface area contributed by atoms with Gasteiger partial charge in [0, 0.05) is 12.1 Å². The summed E-state index contributed by atoms with van der Waals surface area (Å²) in [6.45, 7) is 4.43. The number of aromatic nitrogens is 3. The number of H-pyrrole nitrogens is 1. The van der Waals surface area contributed by atoms with Crippen molar-refractivity contribution in [3.05, 3.63) is 30.1 Å². The number of carbonyl (C=O) groups excluding carboxylic acids is 1. The predicted molar refractivity (Wildman–Crippen MR) is 104 cm³/mol. The third-order valence-electron chi connectivity index (χ3n) is 4.55. The van der Waals surface area contributed by atoms with Crippen LogP contribution in [0.4, 0.5) is 5.69 Å². The maximum Gasteiger partial charge on any atom is 0.237 e. The fraction of sp³-hybridized carbons (Fsp3) is 0.526. The topological polar surface area (TPSA) is 79.9 Å². The summed E-state index contributed by atoms with van der Waals surface area (Å²) in [5, 5.41) is 10.5. The third-order valence-corrected chi connectivity index (χ3v) is 5.51. The van der Waals surface area contributed by atoms with Crippen molar-refractivity contribution < 1.29 is 9.53 Å². The molecule has 0 radical (unpaired) electrons. The number of hydrogen-bond acceptors (Lipinski definition) is 5. The van der Waals surface area contributed by atoms with Crippen molar-refractivity contribution in [1.82, 2.24) is 15.2 Å². The lowest BCUT2D eigenvalue weighted by Crippen LogP contribution is -2.22. The Morgan fingerprint density at radius 3 is 2.77 bits per heavy atom. The Bertz CT molecular complexity index is 711. The molecule has 0 bridgehead atoms. The van der Waals surface area contributed by atoms with E-state index in [0.717, 1.165) is 29.6 Å². The van der Waals surface area contributed by atoms with Crippen molar-refractivity contribution in [2.24, 2.45) is 5.92 Å². The van der Waals surface area contributed by atoms with Crippen molar-refractivity contribution in [3.63, 3.8) is 0 Å². The van der Waals surface area contributed by atoms with Gasteiger partial charge in [-0.25, -0.2) is 4.98 Å². The zero-order chi connectivity index (χ0) is 18.4. The minimum atomic E-state index is -0.281. The molecule has 3 rings (SSSR count). The Balaban J connectivity index is 1.49. The molecule has 7 heteroatoms. The van der Waals surface area contributed by atoms with Crippen molar-refractivity contribution in [1.29, 1.82) is 0 Å². The lowest BCUT2D eigenvalue weighted by molar-refractivity contribution is -0.115. The van der Waals surface area contributed by atoms with Crippen LogP contribution in [0, 0.1) is 5.92 Å². The Hall–Kier alpha value is -2.02. The van der Waals surface area contributed by atoms with E-state index in [4.69, 9.17) is 4.74 Å². The first-order chi connectivity index (χ1) is 12.6. The first kappa shape index (κ1) is 18.8. The van der Waals surface area contributed by atoms with Crippen LogP contribution in [-0.4, -0.2) is 32.9 Å². The zero-order valence-electron chi connectivity index (χ0n) is 15.3.